The van der Waals surface area contributed by atoms with Crippen molar-refractivity contribution in [3.8, 4) is 0 Å². The number of hydrogen-bond acceptors (Lipinski definition) is 2. The van der Waals surface area contributed by atoms with Crippen LogP contribution in [0, 0.1) is 0 Å². The number of nitrogens with zero attached hydrogens (tertiary/aromatic N) is 1. The van der Waals surface area contributed by atoms with E-state index in [0.717, 1.165) is 6.42 Å². The Morgan fingerprint density at radius 3 is 2.08 bits per heavy atom. The predicted molar refractivity (Wildman–Crippen MR) is 111 cm³/mol. The summed E-state index contributed by atoms with van der Waals surface area (Å²) in [6.07, 6.45) is 0.917. The molecule has 0 atom stereocenters. The van der Waals surface area contributed by atoms with E-state index < -0.39 is 0 Å². The molecule has 0 amide bonds. The molecule has 2 rings (SSSR count). The van der Waals surface area contributed by atoms with Crippen LogP contribution in [-0.2, 0) is 4.74 Å². The lowest BCUT2D eigenvalue weighted by molar-refractivity contribution is 0.204. The Balaban J connectivity index is 0.00000288. The monoisotopic (exact) mass is 439 g/mol. The molecule has 130 valence electrons. The minimum Gasteiger partial charge on any atom is -0.383 e. The number of methoxy groups -OCH3 is 1. The number of aliphatic imine (C=N–C) groups is 1. The molecule has 24 heavy (non-hydrogen) atoms. The first-order chi connectivity index (χ1) is 11.3. The van der Waals surface area contributed by atoms with E-state index in [1.165, 1.54) is 11.1 Å². The summed E-state index contributed by atoms with van der Waals surface area (Å²) in [6.45, 7) is 1.97. The summed E-state index contributed by atoms with van der Waals surface area (Å²) in [7, 11) is 1.67. The first-order valence-corrected chi connectivity index (χ1v) is 7.94. The number of halogens is 1. The summed E-state index contributed by atoms with van der Waals surface area (Å²) in [4.78, 5) is 4.41. The lowest BCUT2D eigenvalue weighted by atomic mass is 9.89. The Morgan fingerprint density at radius 1 is 1.04 bits per heavy atom. The fourth-order valence-electron chi connectivity index (χ4n) is 2.55. The fourth-order valence-corrected chi connectivity index (χ4v) is 2.55. The molecule has 0 aromatic heterocycles. The van der Waals surface area contributed by atoms with Crippen LogP contribution in [0.25, 0.3) is 0 Å². The van der Waals surface area contributed by atoms with E-state index in [4.69, 9.17) is 10.5 Å². The van der Waals surface area contributed by atoms with Gasteiger partial charge in [0, 0.05) is 26.1 Å². The summed E-state index contributed by atoms with van der Waals surface area (Å²) in [5.41, 5.74) is 8.47. The molecular formula is C19H26IN3O. The van der Waals surface area contributed by atoms with Crippen LogP contribution in [0.3, 0.4) is 0 Å². The van der Waals surface area contributed by atoms with Gasteiger partial charge in [0.2, 0.25) is 0 Å². The van der Waals surface area contributed by atoms with Crippen LogP contribution in [0.2, 0.25) is 0 Å². The van der Waals surface area contributed by atoms with Crippen LogP contribution in [-0.4, -0.2) is 32.8 Å². The summed E-state index contributed by atoms with van der Waals surface area (Å²) < 4.78 is 4.98. The highest BCUT2D eigenvalue weighted by Gasteiger charge is 2.13. The van der Waals surface area contributed by atoms with Crippen molar-refractivity contribution in [2.45, 2.75) is 12.3 Å². The van der Waals surface area contributed by atoms with Gasteiger partial charge in [-0.2, -0.15) is 0 Å². The molecule has 0 saturated heterocycles. The molecule has 4 nitrogen and oxygen atoms in total. The highest BCUT2D eigenvalue weighted by Crippen LogP contribution is 2.27. The van der Waals surface area contributed by atoms with Gasteiger partial charge in [-0.15, -0.1) is 24.0 Å². The molecule has 3 N–H and O–H groups in total. The van der Waals surface area contributed by atoms with Gasteiger partial charge in [-0.05, 0) is 17.5 Å². The smallest absolute Gasteiger partial charge is 0.188 e. The summed E-state index contributed by atoms with van der Waals surface area (Å²) in [6, 6.07) is 21.1. The first-order valence-electron chi connectivity index (χ1n) is 7.94. The van der Waals surface area contributed by atoms with E-state index in [1.807, 2.05) is 12.1 Å². The van der Waals surface area contributed by atoms with E-state index in [9.17, 15) is 0 Å². The van der Waals surface area contributed by atoms with E-state index >= 15 is 0 Å². The van der Waals surface area contributed by atoms with Gasteiger partial charge >= 0.3 is 0 Å². The average molecular weight is 439 g/mol. The lowest BCUT2D eigenvalue weighted by Crippen LogP contribution is -2.34. The number of nitrogens with two attached hydrogens (primary N) is 1. The van der Waals surface area contributed by atoms with Gasteiger partial charge < -0.3 is 15.8 Å². The van der Waals surface area contributed by atoms with Crippen molar-refractivity contribution >= 4 is 29.9 Å². The molecule has 0 saturated carbocycles. The predicted octanol–water partition coefficient (Wildman–Crippen LogP) is 3.38. The zero-order valence-electron chi connectivity index (χ0n) is 14.0. The van der Waals surface area contributed by atoms with Gasteiger partial charge in [-0.3, -0.25) is 4.99 Å². The van der Waals surface area contributed by atoms with Gasteiger partial charge in [0.25, 0.3) is 0 Å². The first kappa shape index (κ1) is 20.4. The number of hydrogen-bond donors (Lipinski definition) is 2. The second kappa shape index (κ2) is 11.9. The molecule has 0 radical (unpaired) electrons. The minimum atomic E-state index is 0. The Kier molecular flexibility index (Phi) is 10.1. The van der Waals surface area contributed by atoms with Gasteiger partial charge in [0.15, 0.2) is 5.96 Å². The molecule has 2 aromatic rings. The molecule has 0 aliphatic rings. The van der Waals surface area contributed by atoms with E-state index in [1.54, 1.807) is 7.11 Å². The third-order valence-electron chi connectivity index (χ3n) is 3.72. The number of nitrogens with one attached hydrogen (secondary N) is 1. The van der Waals surface area contributed by atoms with Gasteiger partial charge in [0.1, 0.15) is 0 Å². The second-order valence-corrected chi connectivity index (χ2v) is 5.35. The van der Waals surface area contributed by atoms with E-state index in [2.05, 4.69) is 58.8 Å². The zero-order chi connectivity index (χ0) is 16.3. The SMILES string of the molecule is COCCNC(N)=NCCC(c1ccccc1)c1ccccc1.I. The number of rotatable bonds is 8. The van der Waals surface area contributed by atoms with Crippen LogP contribution in [0.5, 0.6) is 0 Å². The van der Waals surface area contributed by atoms with Gasteiger partial charge in [0.05, 0.1) is 6.61 Å². The highest BCUT2D eigenvalue weighted by atomic mass is 127. The maximum Gasteiger partial charge on any atom is 0.188 e. The lowest BCUT2D eigenvalue weighted by Gasteiger charge is -2.17. The molecule has 0 fully saturated rings. The molecule has 0 aliphatic carbocycles. The molecule has 0 heterocycles. The molecule has 0 spiro atoms. The van der Waals surface area contributed by atoms with E-state index in [-0.39, 0.29) is 24.0 Å². The zero-order valence-corrected chi connectivity index (χ0v) is 16.4. The highest BCUT2D eigenvalue weighted by molar-refractivity contribution is 14.0. The standard InChI is InChI=1S/C19H25N3O.HI/c1-23-15-14-22-19(20)21-13-12-18(16-8-4-2-5-9-16)17-10-6-3-7-11-17;/h2-11,18H,12-15H2,1H3,(H3,20,21,22);1H. The Bertz CT molecular complexity index is 551. The molecule has 0 unspecified atom stereocenters. The molecule has 2 aromatic carbocycles. The largest absolute Gasteiger partial charge is 0.383 e. The van der Waals surface area contributed by atoms with Crippen molar-refractivity contribution in [3.63, 3.8) is 0 Å². The topological polar surface area (TPSA) is 59.6 Å². The van der Waals surface area contributed by atoms with Crippen LogP contribution in [0.1, 0.15) is 23.5 Å². The van der Waals surface area contributed by atoms with Crippen molar-refractivity contribution in [2.75, 3.05) is 26.8 Å². The minimum absolute atomic E-state index is 0. The Labute approximate surface area is 161 Å². The summed E-state index contributed by atoms with van der Waals surface area (Å²) in [5.74, 6) is 0.801. The Hall–Kier alpha value is -1.60. The molecule has 5 heteroatoms. The molecular weight excluding hydrogens is 413 g/mol. The third-order valence-corrected chi connectivity index (χ3v) is 3.72. The second-order valence-electron chi connectivity index (χ2n) is 5.35. The van der Waals surface area contributed by atoms with Crippen molar-refractivity contribution in [2.24, 2.45) is 10.7 Å². The molecule has 0 aliphatic heterocycles. The number of ether oxygens (including phenoxy) is 1. The maximum atomic E-state index is 5.86. The summed E-state index contributed by atoms with van der Waals surface area (Å²) in [5, 5.41) is 3.04. The fraction of sp³-hybridized carbons (Fsp3) is 0.316. The van der Waals surface area contributed by atoms with Crippen molar-refractivity contribution in [1.82, 2.24) is 5.32 Å². The summed E-state index contributed by atoms with van der Waals surface area (Å²) >= 11 is 0. The van der Waals surface area contributed by atoms with Crippen molar-refractivity contribution < 1.29 is 4.74 Å². The Morgan fingerprint density at radius 2 is 1.58 bits per heavy atom. The number of guanidine groups is 1. The van der Waals surface area contributed by atoms with Crippen molar-refractivity contribution in [3.05, 3.63) is 71.8 Å². The van der Waals surface area contributed by atoms with Crippen LogP contribution < -0.4 is 11.1 Å². The van der Waals surface area contributed by atoms with Crippen molar-refractivity contribution in [1.29, 1.82) is 0 Å². The average Bonchev–Trinajstić information content (AvgIpc) is 2.60. The van der Waals surface area contributed by atoms with Crippen LogP contribution in [0.15, 0.2) is 65.7 Å². The van der Waals surface area contributed by atoms with Crippen LogP contribution >= 0.6 is 24.0 Å². The normalized spacial score (nSPS) is 11.2. The van der Waals surface area contributed by atoms with Gasteiger partial charge in [-0.25, -0.2) is 0 Å². The quantitative estimate of drug-likeness (QED) is 0.287. The van der Waals surface area contributed by atoms with Gasteiger partial charge in [-0.1, -0.05) is 60.7 Å². The number of benzene rings is 2. The van der Waals surface area contributed by atoms with E-state index in [0.29, 0.717) is 31.6 Å². The molecule has 0 bridgehead atoms. The third kappa shape index (κ3) is 6.88. The maximum absolute atomic E-state index is 5.86. The van der Waals surface area contributed by atoms with Crippen LogP contribution in [0.4, 0.5) is 0 Å².